The Morgan fingerprint density at radius 2 is 2.11 bits per heavy atom. The number of carbonyl (C=O) groups is 2. The van der Waals surface area contributed by atoms with Gasteiger partial charge < -0.3 is 15.5 Å². The summed E-state index contributed by atoms with van der Waals surface area (Å²) >= 11 is 0. The van der Waals surface area contributed by atoms with E-state index in [2.05, 4.69) is 6.92 Å². The van der Waals surface area contributed by atoms with E-state index in [0.717, 1.165) is 23.4 Å². The van der Waals surface area contributed by atoms with Gasteiger partial charge in [-0.25, -0.2) is 0 Å². The number of nitrogens with zero attached hydrogens (tertiary/aromatic N) is 2. The number of aryl methyl sites for hydroxylation is 1. The van der Waals surface area contributed by atoms with Gasteiger partial charge in [-0.3, -0.25) is 9.59 Å². The molecule has 1 heterocycles. The number of nitrogens with two attached hydrogens (primary N) is 1. The summed E-state index contributed by atoms with van der Waals surface area (Å²) in [5, 5.41) is 0. The van der Waals surface area contributed by atoms with Gasteiger partial charge >= 0.3 is 0 Å². The summed E-state index contributed by atoms with van der Waals surface area (Å²) in [6, 6.07) is 5.85. The molecule has 5 heteroatoms. The molecule has 0 aliphatic carbocycles. The molecular formula is C14H19N3O2. The van der Waals surface area contributed by atoms with Gasteiger partial charge in [-0.15, -0.1) is 0 Å². The Hall–Kier alpha value is -1.88. The number of amides is 2. The lowest BCUT2D eigenvalue weighted by Crippen LogP contribution is -2.36. The van der Waals surface area contributed by atoms with E-state index in [0.29, 0.717) is 13.0 Å². The van der Waals surface area contributed by atoms with Crippen molar-refractivity contribution in [3.63, 3.8) is 0 Å². The molecule has 1 aromatic rings. The van der Waals surface area contributed by atoms with Gasteiger partial charge in [0.2, 0.25) is 11.8 Å². The third-order valence-electron chi connectivity index (χ3n) is 3.50. The third-order valence-corrected chi connectivity index (χ3v) is 3.50. The molecule has 0 atom stereocenters. The molecule has 0 unspecified atom stereocenters. The Morgan fingerprint density at radius 3 is 2.74 bits per heavy atom. The van der Waals surface area contributed by atoms with Crippen molar-refractivity contribution in [3.05, 3.63) is 23.8 Å². The molecule has 0 fully saturated rings. The standard InChI is InChI=1S/C14H19N3O2/c1-3-10-4-5-11-12(8-10)16(2)13(18)6-7-17(11)14(19)9-15/h4-5,8H,3,6-7,9,15H2,1-2H3. The zero-order valence-corrected chi connectivity index (χ0v) is 11.3. The van der Waals surface area contributed by atoms with Crippen molar-refractivity contribution in [1.82, 2.24) is 0 Å². The average molecular weight is 261 g/mol. The predicted octanol–water partition coefficient (Wildman–Crippen LogP) is 0.907. The first kappa shape index (κ1) is 13.5. The second kappa shape index (κ2) is 5.40. The van der Waals surface area contributed by atoms with Crippen LogP contribution in [0.5, 0.6) is 0 Å². The van der Waals surface area contributed by atoms with Gasteiger partial charge in [0, 0.05) is 20.0 Å². The monoisotopic (exact) mass is 261 g/mol. The summed E-state index contributed by atoms with van der Waals surface area (Å²) in [5.74, 6) is -0.143. The molecular weight excluding hydrogens is 242 g/mol. The van der Waals surface area contributed by atoms with Crippen LogP contribution in [0.15, 0.2) is 18.2 Å². The second-order valence-electron chi connectivity index (χ2n) is 4.63. The van der Waals surface area contributed by atoms with E-state index in [9.17, 15) is 9.59 Å². The van der Waals surface area contributed by atoms with E-state index in [1.807, 2.05) is 18.2 Å². The minimum Gasteiger partial charge on any atom is -0.322 e. The van der Waals surface area contributed by atoms with Crippen LogP contribution in [0.2, 0.25) is 0 Å². The average Bonchev–Trinajstić information content (AvgIpc) is 2.56. The molecule has 5 nitrogen and oxygen atoms in total. The van der Waals surface area contributed by atoms with E-state index in [-0.39, 0.29) is 18.4 Å². The van der Waals surface area contributed by atoms with Gasteiger partial charge in [0.25, 0.3) is 0 Å². The maximum Gasteiger partial charge on any atom is 0.240 e. The first-order chi connectivity index (χ1) is 9.08. The van der Waals surface area contributed by atoms with Gasteiger partial charge in [0.1, 0.15) is 0 Å². The highest BCUT2D eigenvalue weighted by atomic mass is 16.2. The summed E-state index contributed by atoms with van der Waals surface area (Å²) < 4.78 is 0. The van der Waals surface area contributed by atoms with Gasteiger partial charge in [-0.05, 0) is 24.1 Å². The van der Waals surface area contributed by atoms with Gasteiger partial charge in [0.15, 0.2) is 0 Å². The number of fused-ring (bicyclic) bond motifs is 1. The fourth-order valence-electron chi connectivity index (χ4n) is 2.29. The molecule has 0 spiro atoms. The van der Waals surface area contributed by atoms with Crippen molar-refractivity contribution in [3.8, 4) is 0 Å². The van der Waals surface area contributed by atoms with Gasteiger partial charge in [-0.1, -0.05) is 13.0 Å². The van der Waals surface area contributed by atoms with Crippen LogP contribution in [-0.4, -0.2) is 32.0 Å². The number of hydrogen-bond acceptors (Lipinski definition) is 3. The smallest absolute Gasteiger partial charge is 0.240 e. The van der Waals surface area contributed by atoms with Crippen LogP contribution in [0.4, 0.5) is 11.4 Å². The molecule has 2 amide bonds. The Morgan fingerprint density at radius 1 is 1.37 bits per heavy atom. The lowest BCUT2D eigenvalue weighted by molar-refractivity contribution is -0.118. The van der Waals surface area contributed by atoms with Crippen LogP contribution in [0, 0.1) is 0 Å². The van der Waals surface area contributed by atoms with Gasteiger partial charge in [-0.2, -0.15) is 0 Å². The summed E-state index contributed by atoms with van der Waals surface area (Å²) in [4.78, 5) is 27.1. The second-order valence-corrected chi connectivity index (χ2v) is 4.63. The highest BCUT2D eigenvalue weighted by molar-refractivity contribution is 6.05. The SMILES string of the molecule is CCc1ccc2c(c1)N(C)C(=O)CCN2C(=O)CN. The Bertz CT molecular complexity index is 513. The van der Waals surface area contributed by atoms with Crippen LogP contribution >= 0.6 is 0 Å². The van der Waals surface area contributed by atoms with Crippen LogP contribution < -0.4 is 15.5 Å². The summed E-state index contributed by atoms with van der Waals surface area (Å²) in [6.45, 7) is 2.40. The number of rotatable bonds is 2. The molecule has 1 aliphatic rings. The van der Waals surface area contributed by atoms with Crippen molar-refractivity contribution < 1.29 is 9.59 Å². The van der Waals surface area contributed by atoms with Crippen molar-refractivity contribution in [2.45, 2.75) is 19.8 Å². The molecule has 1 aliphatic heterocycles. The first-order valence-corrected chi connectivity index (χ1v) is 6.48. The third kappa shape index (κ3) is 2.46. The molecule has 0 saturated heterocycles. The van der Waals surface area contributed by atoms with Crippen molar-refractivity contribution in [1.29, 1.82) is 0 Å². The Labute approximate surface area is 113 Å². The zero-order valence-electron chi connectivity index (χ0n) is 11.3. The highest BCUT2D eigenvalue weighted by Gasteiger charge is 2.26. The van der Waals surface area contributed by atoms with E-state index in [4.69, 9.17) is 5.73 Å². The van der Waals surface area contributed by atoms with E-state index < -0.39 is 0 Å². The number of benzene rings is 1. The van der Waals surface area contributed by atoms with E-state index in [1.165, 1.54) is 0 Å². The fourth-order valence-corrected chi connectivity index (χ4v) is 2.29. The van der Waals surface area contributed by atoms with Crippen molar-refractivity contribution in [2.24, 2.45) is 5.73 Å². The molecule has 0 radical (unpaired) electrons. The number of hydrogen-bond donors (Lipinski definition) is 1. The topological polar surface area (TPSA) is 66.6 Å². The largest absolute Gasteiger partial charge is 0.322 e. The lowest BCUT2D eigenvalue weighted by atomic mass is 10.1. The molecule has 1 aromatic carbocycles. The molecule has 2 N–H and O–H groups in total. The Kier molecular flexibility index (Phi) is 3.85. The zero-order chi connectivity index (χ0) is 14.0. The molecule has 0 bridgehead atoms. The normalized spacial score (nSPS) is 15.2. The molecule has 0 saturated carbocycles. The molecule has 102 valence electrons. The minimum atomic E-state index is -0.159. The number of carbonyl (C=O) groups excluding carboxylic acids is 2. The van der Waals surface area contributed by atoms with E-state index >= 15 is 0 Å². The Balaban J connectivity index is 2.53. The molecule has 19 heavy (non-hydrogen) atoms. The molecule has 2 rings (SSSR count). The fraction of sp³-hybridized carbons (Fsp3) is 0.429. The minimum absolute atomic E-state index is 0.0156. The maximum absolute atomic E-state index is 12.0. The lowest BCUT2D eigenvalue weighted by Gasteiger charge is -2.23. The number of anilines is 2. The van der Waals surface area contributed by atoms with Crippen LogP contribution in [-0.2, 0) is 16.0 Å². The van der Waals surface area contributed by atoms with Crippen LogP contribution in [0.25, 0.3) is 0 Å². The van der Waals surface area contributed by atoms with E-state index in [1.54, 1.807) is 16.8 Å². The van der Waals surface area contributed by atoms with Crippen LogP contribution in [0.3, 0.4) is 0 Å². The quantitative estimate of drug-likeness (QED) is 0.860. The highest BCUT2D eigenvalue weighted by Crippen LogP contribution is 2.33. The van der Waals surface area contributed by atoms with Gasteiger partial charge in [0.05, 0.1) is 17.9 Å². The predicted molar refractivity (Wildman–Crippen MR) is 75.3 cm³/mol. The van der Waals surface area contributed by atoms with Crippen molar-refractivity contribution in [2.75, 3.05) is 29.9 Å². The molecule has 0 aromatic heterocycles. The van der Waals surface area contributed by atoms with Crippen molar-refractivity contribution >= 4 is 23.2 Å². The maximum atomic E-state index is 12.0. The summed E-state index contributed by atoms with van der Waals surface area (Å²) in [6.07, 6.45) is 1.21. The first-order valence-electron chi connectivity index (χ1n) is 6.48. The van der Waals surface area contributed by atoms with Crippen LogP contribution in [0.1, 0.15) is 18.9 Å². The summed E-state index contributed by atoms with van der Waals surface area (Å²) in [5.41, 5.74) is 8.13. The summed E-state index contributed by atoms with van der Waals surface area (Å²) in [7, 11) is 1.75.